The Bertz CT molecular complexity index is 868. The average molecular weight is 386 g/mol. The molecule has 28 heavy (non-hydrogen) atoms. The van der Waals surface area contributed by atoms with Crippen LogP contribution in [0.25, 0.3) is 0 Å². The molecule has 0 amide bonds. The summed E-state index contributed by atoms with van der Waals surface area (Å²) in [6.45, 7) is 9.27. The smallest absolute Gasteiger partial charge is 0.340 e. The zero-order valence-corrected chi connectivity index (χ0v) is 16.8. The number of ketones is 1. The van der Waals surface area contributed by atoms with Gasteiger partial charge in [0.05, 0.1) is 36.1 Å². The van der Waals surface area contributed by atoms with E-state index in [4.69, 9.17) is 9.47 Å². The number of aryl methyl sites for hydroxylation is 1. The molecule has 1 aromatic carbocycles. The SMILES string of the molecule is CCOC(=O)c1ccc(NC(C)C(=O)c2[nH]c(C)c(C(=O)OCC)c2C)cc1. The number of aromatic amines is 1. The highest BCUT2D eigenvalue weighted by atomic mass is 16.5. The van der Waals surface area contributed by atoms with Crippen molar-refractivity contribution in [2.75, 3.05) is 18.5 Å². The number of esters is 2. The minimum absolute atomic E-state index is 0.175. The molecule has 0 aliphatic rings. The summed E-state index contributed by atoms with van der Waals surface area (Å²) in [6.07, 6.45) is 0. The van der Waals surface area contributed by atoms with E-state index in [0.717, 1.165) is 0 Å². The standard InChI is InChI=1S/C21H26N2O5/c1-6-27-20(25)15-8-10-16(11-9-15)22-14(5)19(24)18-12(3)17(13(4)23-18)21(26)28-7-2/h8-11,14,22-23H,6-7H2,1-5H3. The summed E-state index contributed by atoms with van der Waals surface area (Å²) in [5.74, 6) is -1.00. The Morgan fingerprint density at radius 3 is 2.14 bits per heavy atom. The van der Waals surface area contributed by atoms with Gasteiger partial charge < -0.3 is 19.8 Å². The van der Waals surface area contributed by atoms with E-state index in [2.05, 4.69) is 10.3 Å². The van der Waals surface area contributed by atoms with Gasteiger partial charge in [-0.1, -0.05) is 0 Å². The molecule has 1 heterocycles. The molecule has 0 saturated heterocycles. The third-order valence-corrected chi connectivity index (χ3v) is 4.34. The zero-order valence-electron chi connectivity index (χ0n) is 16.8. The highest BCUT2D eigenvalue weighted by Crippen LogP contribution is 2.21. The molecule has 0 aliphatic heterocycles. The second-order valence-electron chi connectivity index (χ2n) is 6.37. The number of H-pyrrole nitrogens is 1. The summed E-state index contributed by atoms with van der Waals surface area (Å²) in [5.41, 5.74) is 3.10. The summed E-state index contributed by atoms with van der Waals surface area (Å²) < 4.78 is 10.0. The lowest BCUT2D eigenvalue weighted by Gasteiger charge is -2.14. The van der Waals surface area contributed by atoms with Gasteiger partial charge in [0.1, 0.15) is 0 Å². The summed E-state index contributed by atoms with van der Waals surface area (Å²) in [6, 6.07) is 6.17. The Balaban J connectivity index is 2.14. The molecule has 0 spiro atoms. The van der Waals surface area contributed by atoms with Crippen molar-refractivity contribution in [2.24, 2.45) is 0 Å². The largest absolute Gasteiger partial charge is 0.462 e. The molecule has 7 heteroatoms. The highest BCUT2D eigenvalue weighted by molar-refractivity contribution is 6.04. The first kappa shape index (κ1) is 21.2. The molecule has 0 radical (unpaired) electrons. The third-order valence-electron chi connectivity index (χ3n) is 4.34. The minimum atomic E-state index is -0.541. The number of aromatic nitrogens is 1. The molecule has 1 atom stereocenters. The molecule has 7 nitrogen and oxygen atoms in total. The Kier molecular flexibility index (Phi) is 6.98. The minimum Gasteiger partial charge on any atom is -0.462 e. The summed E-state index contributed by atoms with van der Waals surface area (Å²) in [5, 5.41) is 3.11. The molecular formula is C21H26N2O5. The quantitative estimate of drug-likeness (QED) is 0.531. The van der Waals surface area contributed by atoms with Crippen molar-refractivity contribution in [3.8, 4) is 0 Å². The number of carbonyl (C=O) groups is 3. The monoisotopic (exact) mass is 386 g/mol. The first-order valence-electron chi connectivity index (χ1n) is 9.24. The average Bonchev–Trinajstić information content (AvgIpc) is 2.96. The molecule has 2 N–H and O–H groups in total. The van der Waals surface area contributed by atoms with Gasteiger partial charge in [0.15, 0.2) is 0 Å². The van der Waals surface area contributed by atoms with Crippen molar-refractivity contribution in [3.63, 3.8) is 0 Å². The molecule has 0 bridgehead atoms. The number of Topliss-reactive ketones (excluding diaryl/α,β-unsaturated/α-hetero) is 1. The molecule has 2 aromatic rings. The van der Waals surface area contributed by atoms with Crippen molar-refractivity contribution in [1.82, 2.24) is 4.98 Å². The number of rotatable bonds is 8. The third kappa shape index (κ3) is 4.60. The Morgan fingerprint density at radius 1 is 1.00 bits per heavy atom. The first-order valence-corrected chi connectivity index (χ1v) is 9.24. The summed E-state index contributed by atoms with van der Waals surface area (Å²) >= 11 is 0. The van der Waals surface area contributed by atoms with Gasteiger partial charge in [-0.05, 0) is 64.4 Å². The maximum atomic E-state index is 12.9. The molecule has 2 rings (SSSR count). The van der Waals surface area contributed by atoms with Crippen LogP contribution in [-0.2, 0) is 9.47 Å². The molecule has 0 fully saturated rings. The second-order valence-corrected chi connectivity index (χ2v) is 6.37. The summed E-state index contributed by atoms with van der Waals surface area (Å²) in [4.78, 5) is 39.7. The molecule has 0 aliphatic carbocycles. The maximum Gasteiger partial charge on any atom is 0.340 e. The van der Waals surface area contributed by atoms with Crippen molar-refractivity contribution < 1.29 is 23.9 Å². The molecular weight excluding hydrogens is 360 g/mol. The Labute approximate surface area is 164 Å². The van der Waals surface area contributed by atoms with Gasteiger partial charge in [-0.15, -0.1) is 0 Å². The van der Waals surface area contributed by atoms with Crippen LogP contribution in [0.1, 0.15) is 63.2 Å². The Morgan fingerprint density at radius 2 is 1.57 bits per heavy atom. The second kappa shape index (κ2) is 9.21. The Hall–Kier alpha value is -3.09. The van der Waals surface area contributed by atoms with Crippen LogP contribution in [0.3, 0.4) is 0 Å². The van der Waals surface area contributed by atoms with Crippen LogP contribution in [0.5, 0.6) is 0 Å². The van der Waals surface area contributed by atoms with Gasteiger partial charge in [-0.3, -0.25) is 4.79 Å². The number of nitrogens with one attached hydrogen (secondary N) is 2. The van der Waals surface area contributed by atoms with Crippen LogP contribution in [0, 0.1) is 13.8 Å². The van der Waals surface area contributed by atoms with Crippen LogP contribution in [0.15, 0.2) is 24.3 Å². The van der Waals surface area contributed by atoms with Crippen molar-refractivity contribution in [2.45, 2.75) is 40.7 Å². The van der Waals surface area contributed by atoms with Gasteiger partial charge in [0.2, 0.25) is 5.78 Å². The summed E-state index contributed by atoms with van der Waals surface area (Å²) in [7, 11) is 0. The van der Waals surface area contributed by atoms with Gasteiger partial charge in [-0.25, -0.2) is 9.59 Å². The fraction of sp³-hybridized carbons (Fsp3) is 0.381. The number of carbonyl (C=O) groups excluding carboxylic acids is 3. The lowest BCUT2D eigenvalue weighted by atomic mass is 10.0. The molecule has 150 valence electrons. The van der Waals surface area contributed by atoms with Crippen LogP contribution in [0.4, 0.5) is 5.69 Å². The molecule has 0 saturated carbocycles. The lowest BCUT2D eigenvalue weighted by Crippen LogP contribution is -2.27. The molecule has 1 unspecified atom stereocenters. The van der Waals surface area contributed by atoms with E-state index in [0.29, 0.717) is 40.4 Å². The van der Waals surface area contributed by atoms with Crippen LogP contribution in [0.2, 0.25) is 0 Å². The van der Waals surface area contributed by atoms with Gasteiger partial charge in [-0.2, -0.15) is 0 Å². The van der Waals surface area contributed by atoms with E-state index < -0.39 is 12.0 Å². The van der Waals surface area contributed by atoms with E-state index in [-0.39, 0.29) is 18.4 Å². The zero-order chi connectivity index (χ0) is 20.8. The normalized spacial score (nSPS) is 11.6. The predicted molar refractivity (Wildman–Crippen MR) is 106 cm³/mol. The van der Waals surface area contributed by atoms with Gasteiger partial charge >= 0.3 is 11.9 Å². The molecule has 1 aromatic heterocycles. The van der Waals surface area contributed by atoms with E-state index in [1.54, 1.807) is 58.9 Å². The highest BCUT2D eigenvalue weighted by Gasteiger charge is 2.25. The van der Waals surface area contributed by atoms with Crippen molar-refractivity contribution in [3.05, 3.63) is 52.3 Å². The van der Waals surface area contributed by atoms with Crippen LogP contribution in [-0.4, -0.2) is 42.0 Å². The van der Waals surface area contributed by atoms with Crippen LogP contribution < -0.4 is 5.32 Å². The van der Waals surface area contributed by atoms with Crippen LogP contribution >= 0.6 is 0 Å². The van der Waals surface area contributed by atoms with Gasteiger partial charge in [0, 0.05) is 11.4 Å². The number of ether oxygens (including phenoxy) is 2. The van der Waals surface area contributed by atoms with Gasteiger partial charge in [0.25, 0.3) is 0 Å². The van der Waals surface area contributed by atoms with Crippen molar-refractivity contribution in [1.29, 1.82) is 0 Å². The fourth-order valence-corrected chi connectivity index (χ4v) is 2.95. The first-order chi connectivity index (χ1) is 13.3. The number of hydrogen-bond donors (Lipinski definition) is 2. The lowest BCUT2D eigenvalue weighted by molar-refractivity contribution is 0.0516. The number of hydrogen-bond acceptors (Lipinski definition) is 6. The van der Waals surface area contributed by atoms with E-state index in [9.17, 15) is 14.4 Å². The topological polar surface area (TPSA) is 97.5 Å². The van der Waals surface area contributed by atoms with E-state index in [1.165, 1.54) is 0 Å². The number of anilines is 1. The van der Waals surface area contributed by atoms with E-state index >= 15 is 0 Å². The number of benzene rings is 1. The predicted octanol–water partition coefficient (Wildman–Crippen LogP) is 3.67. The fourth-order valence-electron chi connectivity index (χ4n) is 2.95. The van der Waals surface area contributed by atoms with E-state index in [1.807, 2.05) is 0 Å². The maximum absolute atomic E-state index is 12.9. The van der Waals surface area contributed by atoms with Crippen molar-refractivity contribution >= 4 is 23.4 Å².